The minimum absolute atomic E-state index is 0.108. The lowest BCUT2D eigenvalue weighted by molar-refractivity contribution is -0.125. The highest BCUT2D eigenvalue weighted by molar-refractivity contribution is 5.79. The number of rotatable bonds is 7. The third kappa shape index (κ3) is 5.20. The van der Waals surface area contributed by atoms with Gasteiger partial charge in [-0.15, -0.1) is 0 Å². The number of piperidine rings is 2. The first-order valence-electron chi connectivity index (χ1n) is 12.5. The largest absolute Gasteiger partial charge is 0.370 e. The van der Waals surface area contributed by atoms with Crippen molar-refractivity contribution >= 4 is 22.8 Å². The van der Waals surface area contributed by atoms with Crippen LogP contribution in [0.5, 0.6) is 0 Å². The lowest BCUT2D eigenvalue weighted by atomic mass is 9.95. The van der Waals surface area contributed by atoms with Gasteiger partial charge in [0.05, 0.1) is 23.3 Å². The highest BCUT2D eigenvalue weighted by Gasteiger charge is 2.26. The Morgan fingerprint density at radius 2 is 1.81 bits per heavy atom. The average Bonchev–Trinajstić information content (AvgIpc) is 2.84. The fourth-order valence-electron chi connectivity index (χ4n) is 5.10. The van der Waals surface area contributed by atoms with E-state index in [1.807, 2.05) is 6.20 Å². The third-order valence-electron chi connectivity index (χ3n) is 7.20. The van der Waals surface area contributed by atoms with Crippen LogP contribution in [0, 0.1) is 5.92 Å². The molecule has 2 aromatic heterocycles. The molecule has 7 nitrogen and oxygen atoms in total. The molecule has 1 atom stereocenters. The number of nitrogens with zero attached hydrogens (tertiary/aromatic N) is 5. The molecule has 1 amide bonds. The van der Waals surface area contributed by atoms with E-state index < -0.39 is 0 Å². The van der Waals surface area contributed by atoms with Gasteiger partial charge in [0, 0.05) is 38.1 Å². The molecule has 174 valence electrons. The first kappa shape index (κ1) is 22.9. The Labute approximate surface area is 192 Å². The van der Waals surface area contributed by atoms with Crippen molar-refractivity contribution in [3.05, 3.63) is 23.7 Å². The van der Waals surface area contributed by atoms with Crippen molar-refractivity contribution < 1.29 is 4.79 Å². The summed E-state index contributed by atoms with van der Waals surface area (Å²) in [5.41, 5.74) is 4.77. The quantitative estimate of drug-likeness (QED) is 0.715. The predicted molar refractivity (Wildman–Crippen MR) is 129 cm³/mol. The average molecular weight is 439 g/mol. The molecule has 2 aliphatic rings. The molecule has 4 heterocycles. The Morgan fingerprint density at radius 1 is 1.06 bits per heavy atom. The van der Waals surface area contributed by atoms with Gasteiger partial charge < -0.3 is 10.2 Å². The van der Waals surface area contributed by atoms with Gasteiger partial charge in [-0.25, -0.2) is 15.0 Å². The Kier molecular flexibility index (Phi) is 7.55. The minimum Gasteiger partial charge on any atom is -0.370 e. The summed E-state index contributed by atoms with van der Waals surface area (Å²) < 4.78 is 0. The Bertz CT molecular complexity index is 924. The highest BCUT2D eigenvalue weighted by Crippen LogP contribution is 2.25. The Hall–Kier alpha value is -2.28. The van der Waals surface area contributed by atoms with Crippen LogP contribution in [-0.4, -0.2) is 64.5 Å². The molecule has 2 fully saturated rings. The number of carbonyl (C=O) groups is 1. The Morgan fingerprint density at radius 3 is 2.53 bits per heavy atom. The van der Waals surface area contributed by atoms with Crippen LogP contribution in [0.1, 0.15) is 64.3 Å². The van der Waals surface area contributed by atoms with Gasteiger partial charge in [0.2, 0.25) is 5.91 Å². The van der Waals surface area contributed by atoms with Crippen LogP contribution in [0.15, 0.2) is 12.3 Å². The van der Waals surface area contributed by atoms with Gasteiger partial charge in [-0.1, -0.05) is 20.3 Å². The lowest BCUT2D eigenvalue weighted by Crippen LogP contribution is -2.45. The molecule has 32 heavy (non-hydrogen) atoms. The van der Waals surface area contributed by atoms with Crippen LogP contribution < -0.4 is 10.2 Å². The van der Waals surface area contributed by atoms with E-state index in [0.717, 1.165) is 80.1 Å². The van der Waals surface area contributed by atoms with Gasteiger partial charge in [0.15, 0.2) is 5.65 Å². The maximum absolute atomic E-state index is 12.7. The number of likely N-dealkylation sites (tertiary alicyclic amines) is 1. The number of pyridine rings is 1. The summed E-state index contributed by atoms with van der Waals surface area (Å²) in [5, 5.41) is 3.19. The summed E-state index contributed by atoms with van der Waals surface area (Å²) in [6, 6.07) is 2.75. The molecule has 0 unspecified atom stereocenters. The molecule has 0 radical (unpaired) electrons. The SMILES string of the molecule is CCc1nc2cc(N3CCC(C(=O)NCCN4CCCC[C@H]4C)CC3)cnc2nc1CC. The number of anilines is 1. The van der Waals surface area contributed by atoms with E-state index in [2.05, 4.69) is 46.9 Å². The van der Waals surface area contributed by atoms with E-state index in [0.29, 0.717) is 6.04 Å². The molecular weight excluding hydrogens is 400 g/mol. The van der Waals surface area contributed by atoms with Gasteiger partial charge >= 0.3 is 0 Å². The molecule has 0 aromatic carbocycles. The van der Waals surface area contributed by atoms with Crippen molar-refractivity contribution in [3.8, 4) is 0 Å². The zero-order chi connectivity index (χ0) is 22.5. The molecular formula is C25H38N6O. The van der Waals surface area contributed by atoms with Crippen molar-refractivity contribution in [2.75, 3.05) is 37.6 Å². The van der Waals surface area contributed by atoms with Gasteiger partial charge in [-0.3, -0.25) is 9.69 Å². The van der Waals surface area contributed by atoms with Crippen LogP contribution in [-0.2, 0) is 17.6 Å². The second-order valence-electron chi connectivity index (χ2n) is 9.29. The van der Waals surface area contributed by atoms with E-state index in [9.17, 15) is 4.79 Å². The molecule has 0 saturated carbocycles. The van der Waals surface area contributed by atoms with Gasteiger partial charge in [0.1, 0.15) is 5.52 Å². The fourth-order valence-corrected chi connectivity index (χ4v) is 5.10. The first-order valence-corrected chi connectivity index (χ1v) is 12.5. The number of amides is 1. The van der Waals surface area contributed by atoms with E-state index in [-0.39, 0.29) is 11.8 Å². The van der Waals surface area contributed by atoms with Crippen molar-refractivity contribution in [2.45, 2.75) is 71.8 Å². The summed E-state index contributed by atoms with van der Waals surface area (Å²) in [6.07, 6.45) is 9.32. The van der Waals surface area contributed by atoms with Crippen LogP contribution in [0.4, 0.5) is 5.69 Å². The maximum atomic E-state index is 12.7. The van der Waals surface area contributed by atoms with Crippen LogP contribution in [0.25, 0.3) is 11.2 Å². The number of hydrogen-bond acceptors (Lipinski definition) is 6. The number of hydrogen-bond donors (Lipinski definition) is 1. The summed E-state index contributed by atoms with van der Waals surface area (Å²) in [7, 11) is 0. The summed E-state index contributed by atoms with van der Waals surface area (Å²) in [4.78, 5) is 31.6. The lowest BCUT2D eigenvalue weighted by Gasteiger charge is -2.34. The highest BCUT2D eigenvalue weighted by atomic mass is 16.1. The first-order chi connectivity index (χ1) is 15.6. The topological polar surface area (TPSA) is 74.2 Å². The maximum Gasteiger partial charge on any atom is 0.223 e. The van der Waals surface area contributed by atoms with E-state index >= 15 is 0 Å². The van der Waals surface area contributed by atoms with Crippen molar-refractivity contribution in [1.29, 1.82) is 0 Å². The van der Waals surface area contributed by atoms with E-state index in [1.54, 1.807) is 0 Å². The molecule has 2 saturated heterocycles. The molecule has 0 aliphatic carbocycles. The Balaban J connectivity index is 1.30. The van der Waals surface area contributed by atoms with E-state index in [4.69, 9.17) is 9.97 Å². The fraction of sp³-hybridized carbons (Fsp3) is 0.680. The van der Waals surface area contributed by atoms with Crippen LogP contribution >= 0.6 is 0 Å². The predicted octanol–water partition coefficient (Wildman–Crippen LogP) is 3.36. The van der Waals surface area contributed by atoms with Crippen LogP contribution in [0.3, 0.4) is 0 Å². The second kappa shape index (κ2) is 10.6. The molecule has 4 rings (SSSR count). The van der Waals surface area contributed by atoms with E-state index in [1.165, 1.54) is 25.8 Å². The van der Waals surface area contributed by atoms with Crippen molar-refractivity contribution in [2.24, 2.45) is 5.92 Å². The van der Waals surface area contributed by atoms with Crippen molar-refractivity contribution in [3.63, 3.8) is 0 Å². The molecule has 2 aliphatic heterocycles. The molecule has 1 N–H and O–H groups in total. The van der Waals surface area contributed by atoms with Gasteiger partial charge in [-0.2, -0.15) is 0 Å². The molecule has 0 spiro atoms. The van der Waals surface area contributed by atoms with Crippen LogP contribution in [0.2, 0.25) is 0 Å². The monoisotopic (exact) mass is 438 g/mol. The number of aryl methyl sites for hydroxylation is 2. The summed E-state index contributed by atoms with van der Waals surface area (Å²) in [6.45, 7) is 11.2. The normalized spacial score (nSPS) is 20.6. The smallest absolute Gasteiger partial charge is 0.223 e. The summed E-state index contributed by atoms with van der Waals surface area (Å²) in [5.74, 6) is 0.327. The molecule has 0 bridgehead atoms. The number of fused-ring (bicyclic) bond motifs is 1. The number of nitrogens with one attached hydrogen (secondary N) is 1. The van der Waals surface area contributed by atoms with Crippen molar-refractivity contribution in [1.82, 2.24) is 25.2 Å². The third-order valence-corrected chi connectivity index (χ3v) is 7.20. The number of aromatic nitrogens is 3. The van der Waals surface area contributed by atoms with Gasteiger partial charge in [-0.05, 0) is 58.1 Å². The zero-order valence-corrected chi connectivity index (χ0v) is 19.9. The number of carbonyl (C=O) groups excluding carboxylic acids is 1. The molecule has 7 heteroatoms. The van der Waals surface area contributed by atoms with Gasteiger partial charge in [0.25, 0.3) is 0 Å². The zero-order valence-electron chi connectivity index (χ0n) is 19.9. The molecule has 2 aromatic rings. The minimum atomic E-state index is 0.108. The standard InChI is InChI=1S/C25H38N6O/c1-4-21-22(5-2)29-24-23(28-21)16-20(17-27-24)31-13-9-19(10-14-31)25(32)26-11-15-30-12-7-6-8-18(30)3/h16-19H,4-15H2,1-3H3,(H,26,32)/t18-/m1/s1. The second-order valence-corrected chi connectivity index (χ2v) is 9.29. The summed E-state index contributed by atoms with van der Waals surface area (Å²) >= 11 is 0.